The van der Waals surface area contributed by atoms with Gasteiger partial charge < -0.3 is 9.15 Å². The van der Waals surface area contributed by atoms with Gasteiger partial charge in [-0.1, -0.05) is 152 Å². The zero-order valence-corrected chi connectivity index (χ0v) is 31.2. The predicted octanol–water partition coefficient (Wildman–Crippen LogP) is 13.1. The standard InChI is InChI=1S/C53H33N3O2/c1-2-11-32(12-3-1)34-21-24-35(25-22-34)51-54-52(39-26-23-33-13-4-5-14-36(33)29-39)56-53(55-51)50-41(27-28-46-49(50)42-17-8-9-19-44(42)57-46)40-18-10-20-45-48(40)43-30-37-15-6-7-16-38(37)31-47(43)58-45/h1-31,46,49H. The van der Waals surface area contributed by atoms with Crippen LogP contribution in [0.3, 0.4) is 0 Å². The fraction of sp³-hybridized carbons (Fsp3) is 0.0377. The number of aromatic nitrogens is 3. The predicted molar refractivity (Wildman–Crippen MR) is 234 cm³/mol. The number of furan rings is 1. The molecule has 5 heteroatoms. The first-order chi connectivity index (χ1) is 28.7. The van der Waals surface area contributed by atoms with Crippen LogP contribution in [-0.4, -0.2) is 21.1 Å². The average Bonchev–Trinajstić information content (AvgIpc) is 3.86. The second kappa shape index (κ2) is 13.0. The molecule has 58 heavy (non-hydrogen) atoms. The smallest absolute Gasteiger partial charge is 0.164 e. The molecule has 2 atom stereocenters. The summed E-state index contributed by atoms with van der Waals surface area (Å²) in [6.07, 6.45) is 4.16. The van der Waals surface area contributed by atoms with Crippen LogP contribution in [0.4, 0.5) is 0 Å². The lowest BCUT2D eigenvalue weighted by atomic mass is 9.78. The van der Waals surface area contributed by atoms with Crippen molar-refractivity contribution in [3.05, 3.63) is 205 Å². The molecule has 272 valence electrons. The van der Waals surface area contributed by atoms with Crippen LogP contribution in [0, 0.1) is 0 Å². The van der Waals surface area contributed by atoms with Crippen molar-refractivity contribution < 1.29 is 9.15 Å². The van der Waals surface area contributed by atoms with E-state index in [2.05, 4.69) is 176 Å². The molecule has 1 aliphatic heterocycles. The Balaban J connectivity index is 1.13. The summed E-state index contributed by atoms with van der Waals surface area (Å²) in [5.41, 5.74) is 10.0. The van der Waals surface area contributed by atoms with Gasteiger partial charge in [0.05, 0.1) is 5.92 Å². The van der Waals surface area contributed by atoms with E-state index >= 15 is 0 Å². The minimum atomic E-state index is -0.227. The van der Waals surface area contributed by atoms with Gasteiger partial charge in [-0.2, -0.15) is 0 Å². The first kappa shape index (κ1) is 32.6. The molecular weight excluding hydrogens is 711 g/mol. The highest BCUT2D eigenvalue weighted by Crippen LogP contribution is 2.52. The highest BCUT2D eigenvalue weighted by Gasteiger charge is 2.41. The molecule has 2 unspecified atom stereocenters. The number of fused-ring (bicyclic) bond motifs is 8. The first-order valence-electron chi connectivity index (χ1n) is 19.7. The van der Waals surface area contributed by atoms with E-state index in [1.54, 1.807) is 0 Å². The maximum absolute atomic E-state index is 6.66. The molecule has 0 saturated heterocycles. The van der Waals surface area contributed by atoms with Gasteiger partial charge in [-0.05, 0) is 80.2 Å². The van der Waals surface area contributed by atoms with E-state index < -0.39 is 0 Å². The molecule has 0 fully saturated rings. The van der Waals surface area contributed by atoms with Crippen LogP contribution < -0.4 is 4.74 Å². The Hall–Kier alpha value is -7.63. The molecule has 0 N–H and O–H groups in total. The number of nitrogens with zero attached hydrogens (tertiary/aromatic N) is 3. The topological polar surface area (TPSA) is 61.0 Å². The SMILES string of the molecule is C1=CC2Oc3ccccc3C2C(c2nc(-c3ccc(-c4ccccc4)cc3)nc(-c3ccc4ccccc4c3)n2)=C1c1cccc2oc3cc4ccccc4cc3c12. The van der Waals surface area contributed by atoms with E-state index in [0.717, 1.165) is 88.4 Å². The van der Waals surface area contributed by atoms with Gasteiger partial charge in [0.1, 0.15) is 23.0 Å². The van der Waals surface area contributed by atoms with Gasteiger partial charge in [0.2, 0.25) is 0 Å². The Morgan fingerprint density at radius 1 is 0.448 bits per heavy atom. The maximum atomic E-state index is 6.66. The van der Waals surface area contributed by atoms with Crippen LogP contribution in [-0.2, 0) is 0 Å². The lowest BCUT2D eigenvalue weighted by Gasteiger charge is -2.26. The van der Waals surface area contributed by atoms with E-state index in [0.29, 0.717) is 17.5 Å². The van der Waals surface area contributed by atoms with Crippen molar-refractivity contribution in [3.8, 4) is 39.7 Å². The van der Waals surface area contributed by atoms with Crippen molar-refractivity contribution in [1.29, 1.82) is 0 Å². The molecule has 0 amide bonds. The zero-order valence-electron chi connectivity index (χ0n) is 31.2. The number of ether oxygens (including phenoxy) is 1. The third kappa shape index (κ3) is 5.28. The second-order valence-corrected chi connectivity index (χ2v) is 15.1. The van der Waals surface area contributed by atoms with Crippen molar-refractivity contribution in [1.82, 2.24) is 15.0 Å². The van der Waals surface area contributed by atoms with Crippen molar-refractivity contribution in [2.24, 2.45) is 0 Å². The number of hydrogen-bond donors (Lipinski definition) is 0. The molecular formula is C53H33N3O2. The van der Waals surface area contributed by atoms with Gasteiger partial charge in [0.25, 0.3) is 0 Å². The molecule has 8 aromatic carbocycles. The summed E-state index contributed by atoms with van der Waals surface area (Å²) in [4.78, 5) is 16.0. The molecule has 0 radical (unpaired) electrons. The molecule has 10 aromatic rings. The van der Waals surface area contributed by atoms with Crippen LogP contribution >= 0.6 is 0 Å². The highest BCUT2D eigenvalue weighted by molar-refractivity contribution is 6.17. The van der Waals surface area contributed by atoms with Crippen molar-refractivity contribution >= 4 is 54.6 Å². The van der Waals surface area contributed by atoms with Gasteiger partial charge in [-0.15, -0.1) is 0 Å². The Morgan fingerprint density at radius 3 is 1.91 bits per heavy atom. The van der Waals surface area contributed by atoms with Crippen LogP contribution in [0.5, 0.6) is 5.75 Å². The van der Waals surface area contributed by atoms with Gasteiger partial charge in [0, 0.05) is 33.0 Å². The van der Waals surface area contributed by atoms with Gasteiger partial charge >= 0.3 is 0 Å². The fourth-order valence-corrected chi connectivity index (χ4v) is 8.91. The molecule has 3 heterocycles. The quantitative estimate of drug-likeness (QED) is 0.176. The largest absolute Gasteiger partial charge is 0.485 e. The summed E-state index contributed by atoms with van der Waals surface area (Å²) in [6, 6.07) is 61.3. The van der Waals surface area contributed by atoms with Crippen LogP contribution in [0.1, 0.15) is 22.9 Å². The molecule has 0 spiro atoms. The Labute approximate surface area is 334 Å². The van der Waals surface area contributed by atoms with Crippen molar-refractivity contribution in [3.63, 3.8) is 0 Å². The normalized spacial score (nSPS) is 15.9. The third-order valence-corrected chi connectivity index (χ3v) is 11.7. The van der Waals surface area contributed by atoms with E-state index in [1.807, 2.05) is 12.1 Å². The third-order valence-electron chi connectivity index (χ3n) is 11.7. The minimum absolute atomic E-state index is 0.161. The molecule has 0 bridgehead atoms. The minimum Gasteiger partial charge on any atom is -0.485 e. The van der Waals surface area contributed by atoms with Gasteiger partial charge in [-0.25, -0.2) is 15.0 Å². The van der Waals surface area contributed by atoms with Gasteiger partial charge in [0.15, 0.2) is 17.5 Å². The second-order valence-electron chi connectivity index (χ2n) is 15.1. The van der Waals surface area contributed by atoms with E-state index in [-0.39, 0.29) is 12.0 Å². The van der Waals surface area contributed by atoms with Crippen molar-refractivity contribution in [2.45, 2.75) is 12.0 Å². The van der Waals surface area contributed by atoms with Crippen molar-refractivity contribution in [2.75, 3.05) is 0 Å². The molecule has 12 rings (SSSR count). The number of hydrogen-bond acceptors (Lipinski definition) is 5. The summed E-state index contributed by atoms with van der Waals surface area (Å²) >= 11 is 0. The molecule has 2 aromatic heterocycles. The lowest BCUT2D eigenvalue weighted by Crippen LogP contribution is -2.22. The Kier molecular flexibility index (Phi) is 7.29. The summed E-state index contributed by atoms with van der Waals surface area (Å²) in [5.74, 6) is 2.55. The molecule has 1 aliphatic carbocycles. The molecule has 0 saturated carbocycles. The summed E-state index contributed by atoms with van der Waals surface area (Å²) in [5, 5.41) is 6.73. The number of para-hydroxylation sites is 1. The van der Waals surface area contributed by atoms with Gasteiger partial charge in [-0.3, -0.25) is 0 Å². The van der Waals surface area contributed by atoms with E-state index in [4.69, 9.17) is 24.1 Å². The van der Waals surface area contributed by atoms with E-state index in [1.165, 1.54) is 5.39 Å². The van der Waals surface area contributed by atoms with Crippen LogP contribution in [0.25, 0.3) is 88.5 Å². The molecule has 5 nitrogen and oxygen atoms in total. The Morgan fingerprint density at radius 2 is 1.09 bits per heavy atom. The summed E-state index contributed by atoms with van der Waals surface area (Å²) in [7, 11) is 0. The maximum Gasteiger partial charge on any atom is 0.164 e. The lowest BCUT2D eigenvalue weighted by molar-refractivity contribution is 0.271. The fourth-order valence-electron chi connectivity index (χ4n) is 8.91. The number of rotatable bonds is 5. The van der Waals surface area contributed by atoms with E-state index in [9.17, 15) is 0 Å². The Bertz CT molecular complexity index is 3330. The monoisotopic (exact) mass is 743 g/mol. The van der Waals surface area contributed by atoms with Crippen LogP contribution in [0.2, 0.25) is 0 Å². The average molecular weight is 744 g/mol. The summed E-state index contributed by atoms with van der Waals surface area (Å²) < 4.78 is 13.3. The number of allylic oxidation sites excluding steroid dienone is 2. The van der Waals surface area contributed by atoms with Crippen LogP contribution in [0.15, 0.2) is 192 Å². The zero-order chi connectivity index (χ0) is 38.2. The first-order valence-corrected chi connectivity index (χ1v) is 19.7. The highest BCUT2D eigenvalue weighted by atomic mass is 16.5. The number of benzene rings is 8. The summed E-state index contributed by atoms with van der Waals surface area (Å²) in [6.45, 7) is 0. The molecule has 2 aliphatic rings.